The van der Waals surface area contributed by atoms with Gasteiger partial charge in [0.05, 0.1) is 11.5 Å². The number of hydrogen-bond acceptors (Lipinski definition) is 5. The number of rotatable bonds is 6. The number of aromatic nitrogens is 3. The third-order valence-electron chi connectivity index (χ3n) is 3.02. The standard InChI is InChI=1S/C13H18N4O2S2/c1-8(7-19-3)14-12(18)9(2)17-11(15-16-13(17)20)10-5-4-6-21-10/h4-6,8-9H,7H2,1-3H3,(H,14,18)(H,16,20)/t8-,9+/m0/s1. The van der Waals surface area contributed by atoms with Gasteiger partial charge in [0.25, 0.3) is 0 Å². The first kappa shape index (κ1) is 15.9. The number of nitrogens with zero attached hydrogens (tertiary/aromatic N) is 2. The van der Waals surface area contributed by atoms with Crippen molar-refractivity contribution in [3.05, 3.63) is 22.3 Å². The van der Waals surface area contributed by atoms with Gasteiger partial charge in [-0.1, -0.05) is 6.07 Å². The SMILES string of the molecule is COC[C@H](C)NC(=O)[C@@H](C)n1c(-c2cccs2)n[nH]c1=S. The molecule has 0 radical (unpaired) electrons. The van der Waals surface area contributed by atoms with Crippen LogP contribution in [-0.2, 0) is 9.53 Å². The second-order valence-corrected chi connectivity index (χ2v) is 6.08. The summed E-state index contributed by atoms with van der Waals surface area (Å²) in [7, 11) is 1.60. The molecule has 0 unspecified atom stereocenters. The average Bonchev–Trinajstić information content (AvgIpc) is 3.06. The van der Waals surface area contributed by atoms with Crippen molar-refractivity contribution in [3.8, 4) is 10.7 Å². The third-order valence-corrected chi connectivity index (χ3v) is 4.17. The van der Waals surface area contributed by atoms with E-state index < -0.39 is 6.04 Å². The minimum Gasteiger partial charge on any atom is -0.383 e. The maximum atomic E-state index is 12.3. The summed E-state index contributed by atoms with van der Waals surface area (Å²) in [4.78, 5) is 13.3. The Morgan fingerprint density at radius 3 is 3.00 bits per heavy atom. The lowest BCUT2D eigenvalue weighted by Gasteiger charge is -2.18. The molecule has 1 amide bonds. The highest BCUT2D eigenvalue weighted by molar-refractivity contribution is 7.71. The Balaban J connectivity index is 2.23. The molecule has 2 N–H and O–H groups in total. The minimum atomic E-state index is -0.451. The smallest absolute Gasteiger partial charge is 0.243 e. The van der Waals surface area contributed by atoms with Gasteiger partial charge in [0, 0.05) is 13.2 Å². The van der Waals surface area contributed by atoms with Gasteiger partial charge in [0.2, 0.25) is 5.91 Å². The van der Waals surface area contributed by atoms with Gasteiger partial charge in [-0.2, -0.15) is 5.10 Å². The summed E-state index contributed by atoms with van der Waals surface area (Å²) < 4.78 is 7.19. The van der Waals surface area contributed by atoms with Crippen LogP contribution in [0, 0.1) is 4.77 Å². The summed E-state index contributed by atoms with van der Waals surface area (Å²) in [5, 5.41) is 11.8. The molecule has 21 heavy (non-hydrogen) atoms. The van der Waals surface area contributed by atoms with E-state index in [9.17, 15) is 4.79 Å². The summed E-state index contributed by atoms with van der Waals surface area (Å²) in [6.07, 6.45) is 0. The largest absolute Gasteiger partial charge is 0.383 e. The van der Waals surface area contributed by atoms with Gasteiger partial charge < -0.3 is 10.1 Å². The zero-order valence-corrected chi connectivity index (χ0v) is 13.8. The molecule has 0 aliphatic heterocycles. The quantitative estimate of drug-likeness (QED) is 0.800. The molecule has 8 heteroatoms. The molecular formula is C13H18N4O2S2. The molecule has 0 aromatic carbocycles. The lowest BCUT2D eigenvalue weighted by Crippen LogP contribution is -2.39. The van der Waals surface area contributed by atoms with Crippen molar-refractivity contribution in [1.29, 1.82) is 0 Å². The first-order valence-electron chi connectivity index (χ1n) is 6.54. The highest BCUT2D eigenvalue weighted by atomic mass is 32.1. The first-order valence-corrected chi connectivity index (χ1v) is 7.83. The number of H-pyrrole nitrogens is 1. The van der Waals surface area contributed by atoms with Crippen molar-refractivity contribution in [2.24, 2.45) is 0 Å². The predicted molar refractivity (Wildman–Crippen MR) is 84.9 cm³/mol. The second-order valence-electron chi connectivity index (χ2n) is 4.74. The van der Waals surface area contributed by atoms with Gasteiger partial charge in [-0.15, -0.1) is 11.3 Å². The van der Waals surface area contributed by atoms with E-state index in [0.29, 0.717) is 17.2 Å². The fraction of sp³-hybridized carbons (Fsp3) is 0.462. The molecular weight excluding hydrogens is 308 g/mol. The summed E-state index contributed by atoms with van der Waals surface area (Å²) >= 11 is 6.81. The zero-order valence-electron chi connectivity index (χ0n) is 12.1. The molecule has 0 spiro atoms. The summed E-state index contributed by atoms with van der Waals surface area (Å²) in [6, 6.07) is 3.38. The van der Waals surface area contributed by atoms with Crippen LogP contribution in [0.5, 0.6) is 0 Å². The molecule has 2 aromatic rings. The van der Waals surface area contributed by atoms with Crippen molar-refractivity contribution in [2.75, 3.05) is 13.7 Å². The normalized spacial score (nSPS) is 13.9. The van der Waals surface area contributed by atoms with Crippen molar-refractivity contribution in [3.63, 3.8) is 0 Å². The Morgan fingerprint density at radius 2 is 2.38 bits per heavy atom. The van der Waals surface area contributed by atoms with E-state index >= 15 is 0 Å². The molecule has 0 saturated heterocycles. The maximum Gasteiger partial charge on any atom is 0.243 e. The molecule has 6 nitrogen and oxygen atoms in total. The molecule has 0 saturated carbocycles. The number of carbonyl (C=O) groups is 1. The predicted octanol–water partition coefficient (Wildman–Crippen LogP) is 2.38. The summed E-state index contributed by atoms with van der Waals surface area (Å²) in [5.41, 5.74) is 0. The molecule has 0 aliphatic rings. The molecule has 0 fully saturated rings. The first-order chi connectivity index (χ1) is 10.0. The molecule has 114 valence electrons. The van der Waals surface area contributed by atoms with Gasteiger partial charge in [0.15, 0.2) is 10.6 Å². The van der Waals surface area contributed by atoms with Crippen molar-refractivity contribution < 1.29 is 9.53 Å². The van der Waals surface area contributed by atoms with E-state index in [0.717, 1.165) is 4.88 Å². The molecule has 2 atom stereocenters. The van der Waals surface area contributed by atoms with Crippen LogP contribution in [0.3, 0.4) is 0 Å². The summed E-state index contributed by atoms with van der Waals surface area (Å²) in [5.74, 6) is 0.562. The van der Waals surface area contributed by atoms with E-state index in [1.54, 1.807) is 29.9 Å². The Bertz CT molecular complexity index is 647. The number of thiophene rings is 1. The molecule has 0 bridgehead atoms. The maximum absolute atomic E-state index is 12.3. The number of ether oxygens (including phenoxy) is 1. The monoisotopic (exact) mass is 326 g/mol. The zero-order chi connectivity index (χ0) is 15.4. The molecule has 2 aromatic heterocycles. The number of methoxy groups -OCH3 is 1. The highest BCUT2D eigenvalue weighted by Gasteiger charge is 2.22. The van der Waals surface area contributed by atoms with E-state index in [4.69, 9.17) is 17.0 Å². The van der Waals surface area contributed by atoms with Gasteiger partial charge in [-0.25, -0.2) is 0 Å². The van der Waals surface area contributed by atoms with E-state index in [2.05, 4.69) is 15.5 Å². The van der Waals surface area contributed by atoms with E-state index in [1.807, 2.05) is 24.4 Å². The highest BCUT2D eigenvalue weighted by Crippen LogP contribution is 2.25. The van der Waals surface area contributed by atoms with Gasteiger partial charge >= 0.3 is 0 Å². The fourth-order valence-corrected chi connectivity index (χ4v) is 3.02. The van der Waals surface area contributed by atoms with Gasteiger partial charge in [0.1, 0.15) is 6.04 Å². The Hall–Kier alpha value is -1.51. The Kier molecular flexibility index (Phi) is 5.27. The van der Waals surface area contributed by atoms with Crippen LogP contribution in [0.4, 0.5) is 0 Å². The topological polar surface area (TPSA) is 71.9 Å². The third kappa shape index (κ3) is 3.58. The lowest BCUT2D eigenvalue weighted by atomic mass is 10.2. The fourth-order valence-electron chi connectivity index (χ4n) is 2.02. The average molecular weight is 326 g/mol. The number of aromatic amines is 1. The molecule has 2 rings (SSSR count). The Morgan fingerprint density at radius 1 is 1.62 bits per heavy atom. The number of nitrogens with one attached hydrogen (secondary N) is 2. The van der Waals surface area contributed by atoms with E-state index in [1.165, 1.54) is 0 Å². The van der Waals surface area contributed by atoms with Crippen LogP contribution in [0.15, 0.2) is 17.5 Å². The minimum absolute atomic E-state index is 0.0591. The van der Waals surface area contributed by atoms with Crippen LogP contribution >= 0.6 is 23.6 Å². The van der Waals surface area contributed by atoms with Crippen LogP contribution in [0.25, 0.3) is 10.7 Å². The van der Waals surface area contributed by atoms with Crippen LogP contribution in [-0.4, -0.2) is 40.4 Å². The number of carbonyl (C=O) groups excluding carboxylic acids is 1. The van der Waals surface area contributed by atoms with Crippen molar-refractivity contribution in [1.82, 2.24) is 20.1 Å². The van der Waals surface area contributed by atoms with Gasteiger partial charge in [-0.05, 0) is 37.5 Å². The van der Waals surface area contributed by atoms with E-state index in [-0.39, 0.29) is 11.9 Å². The van der Waals surface area contributed by atoms with Crippen molar-refractivity contribution >= 4 is 29.5 Å². The van der Waals surface area contributed by atoms with Gasteiger partial charge in [-0.3, -0.25) is 14.5 Å². The van der Waals surface area contributed by atoms with Crippen LogP contribution < -0.4 is 5.32 Å². The summed E-state index contributed by atoms with van der Waals surface area (Å²) in [6.45, 7) is 4.16. The second kappa shape index (κ2) is 6.97. The number of hydrogen-bond donors (Lipinski definition) is 2. The lowest BCUT2D eigenvalue weighted by molar-refractivity contribution is -0.124. The van der Waals surface area contributed by atoms with Crippen LogP contribution in [0.1, 0.15) is 19.9 Å². The molecule has 2 heterocycles. The number of amides is 1. The van der Waals surface area contributed by atoms with Crippen LogP contribution in [0.2, 0.25) is 0 Å². The van der Waals surface area contributed by atoms with Crippen molar-refractivity contribution in [2.45, 2.75) is 25.9 Å². The molecule has 0 aliphatic carbocycles. The Labute approximate surface area is 132 Å².